The Morgan fingerprint density at radius 2 is 1.87 bits per heavy atom. The largest absolute Gasteiger partial charge is 0.308 e. The molecule has 0 saturated carbocycles. The molecule has 0 amide bonds. The maximum Gasteiger partial charge on any atom is 0.252 e. The molecule has 0 radical (unpaired) electrons. The van der Waals surface area contributed by atoms with Crippen molar-refractivity contribution < 1.29 is 0 Å². The van der Waals surface area contributed by atoms with Gasteiger partial charge in [0.2, 0.25) is 0 Å². The van der Waals surface area contributed by atoms with Crippen LogP contribution in [0.3, 0.4) is 0 Å². The average Bonchev–Trinajstić information content (AvgIpc) is 3.15. The van der Waals surface area contributed by atoms with E-state index in [0.29, 0.717) is 17.6 Å². The number of aromatic nitrogens is 3. The van der Waals surface area contributed by atoms with E-state index in [1.54, 1.807) is 35.0 Å². The van der Waals surface area contributed by atoms with Crippen molar-refractivity contribution in [2.24, 2.45) is 0 Å². The molecule has 3 aromatic rings. The van der Waals surface area contributed by atoms with Gasteiger partial charge in [-0.2, -0.15) is 0 Å². The third-order valence-corrected chi connectivity index (χ3v) is 6.94. The third-order valence-electron chi connectivity index (χ3n) is 6.55. The van der Waals surface area contributed by atoms with Gasteiger partial charge in [-0.05, 0) is 56.6 Å². The van der Waals surface area contributed by atoms with Crippen LogP contribution in [0.15, 0.2) is 46.1 Å². The summed E-state index contributed by atoms with van der Waals surface area (Å²) in [6.45, 7) is 6.02. The number of nitrogens with one attached hydrogen (secondary N) is 1. The van der Waals surface area contributed by atoms with Gasteiger partial charge in [-0.3, -0.25) is 23.7 Å². The van der Waals surface area contributed by atoms with Crippen molar-refractivity contribution in [3.63, 3.8) is 0 Å². The first-order chi connectivity index (χ1) is 15.0. The van der Waals surface area contributed by atoms with Gasteiger partial charge in [-0.1, -0.05) is 11.6 Å². The number of hydrogen-bond acceptors (Lipinski definition) is 5. The summed E-state index contributed by atoms with van der Waals surface area (Å²) in [7, 11) is 0. The summed E-state index contributed by atoms with van der Waals surface area (Å²) >= 11 is 6.06. The van der Waals surface area contributed by atoms with Crippen LogP contribution >= 0.6 is 11.6 Å². The summed E-state index contributed by atoms with van der Waals surface area (Å²) in [6, 6.07) is 9.29. The number of nitrogens with zero attached hydrogens (tertiary/aromatic N) is 4. The third kappa shape index (κ3) is 3.93. The van der Waals surface area contributed by atoms with Gasteiger partial charge < -0.3 is 10.2 Å². The molecule has 0 unspecified atom stereocenters. The summed E-state index contributed by atoms with van der Waals surface area (Å²) in [6.07, 6.45) is 3.81. The fourth-order valence-corrected chi connectivity index (χ4v) is 4.96. The van der Waals surface area contributed by atoms with E-state index in [1.807, 2.05) is 17.6 Å². The first-order valence-electron chi connectivity index (χ1n) is 10.8. The fourth-order valence-electron chi connectivity index (χ4n) is 4.85. The van der Waals surface area contributed by atoms with Crippen LogP contribution in [-0.4, -0.2) is 44.7 Å². The Hall–Kier alpha value is -2.48. The lowest BCUT2D eigenvalue weighted by molar-refractivity contribution is 0.171. The molecule has 1 saturated heterocycles. The molecule has 2 aliphatic rings. The fraction of sp³-hybridized carbons (Fsp3) is 0.435. The molecule has 0 bridgehead atoms. The first kappa shape index (κ1) is 20.4. The topological polar surface area (TPSA) is 72.2 Å². The van der Waals surface area contributed by atoms with E-state index >= 15 is 0 Å². The minimum absolute atomic E-state index is 0.00273. The second kappa shape index (κ2) is 8.22. The molecule has 0 spiro atoms. The minimum atomic E-state index is -0.0386. The van der Waals surface area contributed by atoms with Gasteiger partial charge in [-0.25, -0.2) is 0 Å². The molecule has 2 aliphatic heterocycles. The van der Waals surface area contributed by atoms with E-state index in [0.717, 1.165) is 61.3 Å². The number of hydrogen-bond donors (Lipinski definition) is 1. The summed E-state index contributed by atoms with van der Waals surface area (Å²) in [5.41, 5.74) is 2.74. The molecule has 5 rings (SSSR count). The standard InChI is InChI=1S/C23H26ClN5O2/c1-15-10-18(26-12-20(15)24)11-25-17-6-8-27(9-7-17)13-19-14-28-21(30)4-2-16-3-5-22(31)29(19)23(16)28/h2-5,10,12,17,19,25H,6-9,11,13-14H2,1H3/t19-/m1/s1. The maximum absolute atomic E-state index is 12.6. The highest BCUT2D eigenvalue weighted by molar-refractivity contribution is 6.31. The number of piperidine rings is 1. The quantitative estimate of drug-likeness (QED) is 0.660. The van der Waals surface area contributed by atoms with Crippen LogP contribution < -0.4 is 16.4 Å². The van der Waals surface area contributed by atoms with Crippen LogP contribution in [0.2, 0.25) is 5.02 Å². The Labute approximate surface area is 185 Å². The van der Waals surface area contributed by atoms with Gasteiger partial charge in [0, 0.05) is 49.4 Å². The number of pyridine rings is 3. The van der Waals surface area contributed by atoms with Gasteiger partial charge in [0.25, 0.3) is 11.1 Å². The molecule has 31 heavy (non-hydrogen) atoms. The zero-order valence-electron chi connectivity index (χ0n) is 17.6. The Morgan fingerprint density at radius 1 is 1.13 bits per heavy atom. The molecular weight excluding hydrogens is 414 g/mol. The number of halogens is 1. The van der Waals surface area contributed by atoms with Crippen molar-refractivity contribution in [3.05, 3.63) is 73.5 Å². The minimum Gasteiger partial charge on any atom is -0.308 e. The van der Waals surface area contributed by atoms with Crippen LogP contribution in [-0.2, 0) is 13.1 Å². The van der Waals surface area contributed by atoms with Crippen LogP contribution in [0.5, 0.6) is 0 Å². The zero-order valence-corrected chi connectivity index (χ0v) is 18.3. The Morgan fingerprint density at radius 3 is 2.61 bits per heavy atom. The lowest BCUT2D eigenvalue weighted by atomic mass is 10.0. The van der Waals surface area contributed by atoms with Crippen LogP contribution in [0.1, 0.15) is 30.1 Å². The Kier molecular flexibility index (Phi) is 5.42. The maximum atomic E-state index is 12.6. The zero-order chi connectivity index (χ0) is 21.5. The van der Waals surface area contributed by atoms with Crippen molar-refractivity contribution >= 4 is 22.6 Å². The SMILES string of the molecule is Cc1cc(CNC2CCN(C[C@@H]3Cn4c(=O)ccc5ccc(=O)n3c54)CC2)ncc1Cl. The summed E-state index contributed by atoms with van der Waals surface area (Å²) in [5, 5.41) is 5.25. The monoisotopic (exact) mass is 439 g/mol. The van der Waals surface area contributed by atoms with E-state index in [1.165, 1.54) is 0 Å². The second-order valence-corrected chi connectivity index (χ2v) is 9.04. The average molecular weight is 440 g/mol. The van der Waals surface area contributed by atoms with Crippen LogP contribution in [0, 0.1) is 6.92 Å². The van der Waals surface area contributed by atoms with Crippen LogP contribution in [0.25, 0.3) is 11.0 Å². The Balaban J connectivity index is 1.21. The highest BCUT2D eigenvalue weighted by Crippen LogP contribution is 2.25. The number of aryl methyl sites for hydroxylation is 1. The van der Waals surface area contributed by atoms with Gasteiger partial charge in [0.15, 0.2) is 0 Å². The Bertz CT molecular complexity index is 1240. The molecule has 1 N–H and O–H groups in total. The highest BCUT2D eigenvalue weighted by atomic mass is 35.5. The predicted octanol–water partition coefficient (Wildman–Crippen LogP) is 2.33. The van der Waals surface area contributed by atoms with E-state index in [2.05, 4.69) is 15.2 Å². The normalized spacial score (nSPS) is 19.4. The first-order valence-corrected chi connectivity index (χ1v) is 11.2. The summed E-state index contributed by atoms with van der Waals surface area (Å²) in [4.78, 5) is 31.7. The second-order valence-electron chi connectivity index (χ2n) is 8.64. The van der Waals surface area contributed by atoms with Crippen LogP contribution in [0.4, 0.5) is 0 Å². The van der Waals surface area contributed by atoms with E-state index in [4.69, 9.17) is 11.6 Å². The number of likely N-dealkylation sites (tertiary alicyclic amines) is 1. The molecule has 1 atom stereocenters. The predicted molar refractivity (Wildman–Crippen MR) is 122 cm³/mol. The molecule has 162 valence electrons. The van der Waals surface area contributed by atoms with Gasteiger partial charge in [0.05, 0.1) is 16.8 Å². The molecule has 0 aromatic carbocycles. The van der Waals surface area contributed by atoms with E-state index in [-0.39, 0.29) is 17.2 Å². The lowest BCUT2D eigenvalue weighted by Gasteiger charge is -2.34. The molecule has 7 nitrogen and oxygen atoms in total. The van der Waals surface area contributed by atoms with Gasteiger partial charge >= 0.3 is 0 Å². The molecular formula is C23H26ClN5O2. The summed E-state index contributed by atoms with van der Waals surface area (Å²) < 4.78 is 3.56. The van der Waals surface area contributed by atoms with E-state index < -0.39 is 0 Å². The van der Waals surface area contributed by atoms with Gasteiger partial charge in [0.1, 0.15) is 5.65 Å². The molecule has 0 aliphatic carbocycles. The van der Waals surface area contributed by atoms with Crippen molar-refractivity contribution in [1.82, 2.24) is 24.3 Å². The smallest absolute Gasteiger partial charge is 0.252 e. The van der Waals surface area contributed by atoms with Crippen molar-refractivity contribution in [2.45, 2.75) is 44.9 Å². The molecule has 1 fully saturated rings. The highest BCUT2D eigenvalue weighted by Gasteiger charge is 2.29. The van der Waals surface area contributed by atoms with Crippen molar-refractivity contribution in [1.29, 1.82) is 0 Å². The van der Waals surface area contributed by atoms with E-state index in [9.17, 15) is 9.59 Å². The summed E-state index contributed by atoms with van der Waals surface area (Å²) in [5.74, 6) is 0. The molecule has 8 heteroatoms. The molecule has 3 aromatic heterocycles. The van der Waals surface area contributed by atoms with Crippen molar-refractivity contribution in [3.8, 4) is 0 Å². The van der Waals surface area contributed by atoms with Gasteiger partial charge in [-0.15, -0.1) is 0 Å². The number of rotatable bonds is 5. The molecule has 5 heterocycles. The van der Waals surface area contributed by atoms with Crippen molar-refractivity contribution in [2.75, 3.05) is 19.6 Å². The lowest BCUT2D eigenvalue weighted by Crippen LogP contribution is -2.44.